The number of nitrogens with zero attached hydrogens (tertiary/aromatic N) is 1. The molecule has 1 aliphatic rings. The molecular weight excluding hydrogens is 224 g/mol. The zero-order chi connectivity index (χ0) is 12.4. The molecule has 18 heavy (non-hydrogen) atoms. The van der Waals surface area contributed by atoms with Crippen LogP contribution in [0.25, 0.3) is 10.9 Å². The first kappa shape index (κ1) is 11.2. The Balaban J connectivity index is 1.61. The normalized spacial score (nSPS) is 14.7. The Morgan fingerprint density at radius 3 is 3.06 bits per heavy atom. The SMILES string of the molecule is O=C(NCCc1ccc2ncccc2c1)C1CC1. The minimum Gasteiger partial charge on any atom is -0.356 e. The number of aromatic nitrogens is 1. The Morgan fingerprint density at radius 2 is 2.22 bits per heavy atom. The van der Waals surface area contributed by atoms with Crippen LogP contribution in [0.15, 0.2) is 36.5 Å². The second-order valence-corrected chi connectivity index (χ2v) is 4.85. The van der Waals surface area contributed by atoms with Crippen molar-refractivity contribution in [3.05, 3.63) is 42.1 Å². The lowest BCUT2D eigenvalue weighted by Gasteiger charge is -2.05. The minimum atomic E-state index is 0.220. The van der Waals surface area contributed by atoms with Gasteiger partial charge in [0.2, 0.25) is 5.91 Å². The molecule has 1 aliphatic carbocycles. The molecule has 0 spiro atoms. The second-order valence-electron chi connectivity index (χ2n) is 4.85. The van der Waals surface area contributed by atoms with Crippen LogP contribution in [0.3, 0.4) is 0 Å². The van der Waals surface area contributed by atoms with E-state index in [0.717, 1.165) is 36.7 Å². The van der Waals surface area contributed by atoms with Crippen LogP contribution < -0.4 is 5.32 Å². The van der Waals surface area contributed by atoms with Crippen molar-refractivity contribution >= 4 is 16.8 Å². The van der Waals surface area contributed by atoms with Gasteiger partial charge in [-0.2, -0.15) is 0 Å². The summed E-state index contributed by atoms with van der Waals surface area (Å²) in [6.07, 6.45) is 4.81. The van der Waals surface area contributed by atoms with Gasteiger partial charge in [-0.15, -0.1) is 0 Å². The van der Waals surface area contributed by atoms with Gasteiger partial charge < -0.3 is 5.32 Å². The first-order chi connectivity index (χ1) is 8.83. The number of carbonyl (C=O) groups is 1. The van der Waals surface area contributed by atoms with E-state index in [9.17, 15) is 4.79 Å². The van der Waals surface area contributed by atoms with Crippen LogP contribution in [0.5, 0.6) is 0 Å². The summed E-state index contributed by atoms with van der Waals surface area (Å²) in [5.41, 5.74) is 2.26. The molecule has 3 heteroatoms. The molecule has 1 saturated carbocycles. The first-order valence-corrected chi connectivity index (χ1v) is 6.44. The van der Waals surface area contributed by atoms with E-state index in [1.807, 2.05) is 12.1 Å². The summed E-state index contributed by atoms with van der Waals surface area (Å²) in [6.45, 7) is 0.723. The molecule has 1 aromatic carbocycles. The van der Waals surface area contributed by atoms with Crippen molar-refractivity contribution in [2.75, 3.05) is 6.54 Å². The molecule has 0 saturated heterocycles. The molecule has 0 radical (unpaired) electrons. The van der Waals surface area contributed by atoms with Gasteiger partial charge in [0.25, 0.3) is 0 Å². The quantitative estimate of drug-likeness (QED) is 0.891. The smallest absolute Gasteiger partial charge is 0.223 e. The highest BCUT2D eigenvalue weighted by Gasteiger charge is 2.28. The van der Waals surface area contributed by atoms with Crippen LogP contribution >= 0.6 is 0 Å². The molecule has 1 aromatic heterocycles. The highest BCUT2D eigenvalue weighted by Crippen LogP contribution is 2.28. The average molecular weight is 240 g/mol. The maximum atomic E-state index is 11.5. The maximum Gasteiger partial charge on any atom is 0.223 e. The molecule has 2 aromatic rings. The van der Waals surface area contributed by atoms with Crippen molar-refractivity contribution in [3.63, 3.8) is 0 Å². The second kappa shape index (κ2) is 4.77. The molecule has 1 heterocycles. The maximum absolute atomic E-state index is 11.5. The molecule has 0 atom stereocenters. The third-order valence-corrected chi connectivity index (χ3v) is 3.33. The first-order valence-electron chi connectivity index (χ1n) is 6.44. The fourth-order valence-electron chi connectivity index (χ4n) is 2.10. The van der Waals surface area contributed by atoms with E-state index in [-0.39, 0.29) is 5.91 Å². The summed E-state index contributed by atoms with van der Waals surface area (Å²) in [5.74, 6) is 0.517. The third-order valence-electron chi connectivity index (χ3n) is 3.33. The van der Waals surface area contributed by atoms with Crippen molar-refractivity contribution in [1.29, 1.82) is 0 Å². The topological polar surface area (TPSA) is 42.0 Å². The van der Waals surface area contributed by atoms with Crippen molar-refractivity contribution in [3.8, 4) is 0 Å². The van der Waals surface area contributed by atoms with Gasteiger partial charge in [-0.1, -0.05) is 12.1 Å². The van der Waals surface area contributed by atoms with Crippen LogP contribution in [0, 0.1) is 5.92 Å². The van der Waals surface area contributed by atoms with Crippen molar-refractivity contribution in [2.24, 2.45) is 5.92 Å². The molecule has 0 bridgehead atoms. The molecule has 92 valence electrons. The van der Waals surface area contributed by atoms with Gasteiger partial charge in [0.1, 0.15) is 0 Å². The zero-order valence-corrected chi connectivity index (χ0v) is 10.2. The molecule has 1 amide bonds. The van der Waals surface area contributed by atoms with Crippen molar-refractivity contribution < 1.29 is 4.79 Å². The Kier molecular flexibility index (Phi) is 2.97. The van der Waals surface area contributed by atoms with Gasteiger partial charge >= 0.3 is 0 Å². The van der Waals surface area contributed by atoms with E-state index >= 15 is 0 Å². The van der Waals surface area contributed by atoms with Crippen LogP contribution in [0.1, 0.15) is 18.4 Å². The molecule has 1 N–H and O–H groups in total. The predicted octanol–water partition coefficient (Wildman–Crippen LogP) is 2.30. The Labute approximate surface area is 106 Å². The number of carbonyl (C=O) groups excluding carboxylic acids is 1. The summed E-state index contributed by atoms with van der Waals surface area (Å²) in [5, 5.41) is 4.14. The van der Waals surface area contributed by atoms with Gasteiger partial charge in [0.05, 0.1) is 5.52 Å². The summed E-state index contributed by atoms with van der Waals surface area (Å²) in [4.78, 5) is 15.8. The van der Waals surface area contributed by atoms with E-state index < -0.39 is 0 Å². The molecule has 0 unspecified atom stereocenters. The monoisotopic (exact) mass is 240 g/mol. The summed E-state index contributed by atoms with van der Waals surface area (Å²) in [7, 11) is 0. The third kappa shape index (κ3) is 2.50. The Bertz CT molecular complexity index is 575. The summed E-state index contributed by atoms with van der Waals surface area (Å²) in [6, 6.07) is 10.3. The minimum absolute atomic E-state index is 0.220. The van der Waals surface area contributed by atoms with Crippen molar-refractivity contribution in [2.45, 2.75) is 19.3 Å². The van der Waals surface area contributed by atoms with Gasteiger partial charge in [0.15, 0.2) is 0 Å². The van der Waals surface area contributed by atoms with E-state index in [0.29, 0.717) is 5.92 Å². The van der Waals surface area contributed by atoms with Crippen LogP contribution in [-0.2, 0) is 11.2 Å². The number of fused-ring (bicyclic) bond motifs is 1. The summed E-state index contributed by atoms with van der Waals surface area (Å²) >= 11 is 0. The molecule has 1 fully saturated rings. The summed E-state index contributed by atoms with van der Waals surface area (Å²) < 4.78 is 0. The standard InChI is InChI=1S/C15H16N2O/c18-15(12-4-5-12)17-9-7-11-3-6-14-13(10-11)2-1-8-16-14/h1-3,6,8,10,12H,4-5,7,9H2,(H,17,18). The number of nitrogens with one attached hydrogen (secondary N) is 1. The van der Waals surface area contributed by atoms with Gasteiger partial charge in [-0.05, 0) is 43.0 Å². The van der Waals surface area contributed by atoms with Gasteiger partial charge in [-0.3, -0.25) is 9.78 Å². The van der Waals surface area contributed by atoms with Crippen LogP contribution in [-0.4, -0.2) is 17.4 Å². The average Bonchev–Trinajstić information content (AvgIpc) is 3.23. The molecule has 0 aliphatic heterocycles. The Hall–Kier alpha value is -1.90. The lowest BCUT2D eigenvalue weighted by atomic mass is 10.1. The van der Waals surface area contributed by atoms with E-state index in [1.165, 1.54) is 5.56 Å². The highest BCUT2D eigenvalue weighted by atomic mass is 16.2. The lowest BCUT2D eigenvalue weighted by Crippen LogP contribution is -2.26. The largest absolute Gasteiger partial charge is 0.356 e. The van der Waals surface area contributed by atoms with Gasteiger partial charge in [-0.25, -0.2) is 0 Å². The number of benzene rings is 1. The number of amides is 1. The van der Waals surface area contributed by atoms with E-state index in [4.69, 9.17) is 0 Å². The Morgan fingerprint density at radius 1 is 1.33 bits per heavy atom. The number of rotatable bonds is 4. The van der Waals surface area contributed by atoms with Gasteiger partial charge in [0, 0.05) is 24.0 Å². The number of pyridine rings is 1. The number of hydrogen-bond acceptors (Lipinski definition) is 2. The van der Waals surface area contributed by atoms with Crippen molar-refractivity contribution in [1.82, 2.24) is 10.3 Å². The molecule has 3 rings (SSSR count). The molecule has 3 nitrogen and oxygen atoms in total. The number of hydrogen-bond donors (Lipinski definition) is 1. The van der Waals surface area contributed by atoms with E-state index in [1.54, 1.807) is 6.20 Å². The van der Waals surface area contributed by atoms with Crippen LogP contribution in [0.2, 0.25) is 0 Å². The predicted molar refractivity (Wildman–Crippen MR) is 71.2 cm³/mol. The fraction of sp³-hybridized carbons (Fsp3) is 0.333. The fourth-order valence-corrected chi connectivity index (χ4v) is 2.10. The lowest BCUT2D eigenvalue weighted by molar-refractivity contribution is -0.122. The highest BCUT2D eigenvalue weighted by molar-refractivity contribution is 5.81. The molecular formula is C15H16N2O. The zero-order valence-electron chi connectivity index (χ0n) is 10.2. The van der Waals surface area contributed by atoms with Crippen LogP contribution in [0.4, 0.5) is 0 Å². The van der Waals surface area contributed by atoms with E-state index in [2.05, 4.69) is 28.5 Å².